The normalized spacial score (nSPS) is 21.1. The molecule has 1 aromatic heterocycles. The molecule has 0 saturated carbocycles. The molecule has 0 radical (unpaired) electrons. The van der Waals surface area contributed by atoms with Crippen LogP contribution in [0.2, 0.25) is 0 Å². The van der Waals surface area contributed by atoms with Crippen LogP contribution in [0, 0.1) is 5.82 Å². The zero-order chi connectivity index (χ0) is 16.6. The molecule has 0 fully saturated rings. The number of nitrogens with zero attached hydrogens (tertiary/aromatic N) is 1. The standard InChI is InChI=1S/C17H15F4NO/c18-12-5-3-11(14(9-12)17(19,20)21)8-10-4-6-15(23)16-13(10)2-1-7-22-16/h1-3,5,7,9-10,15,23H,4,6,8H2/t10-,15-/m1/s1. The lowest BCUT2D eigenvalue weighted by Gasteiger charge is -2.28. The highest BCUT2D eigenvalue weighted by Gasteiger charge is 2.35. The van der Waals surface area contributed by atoms with E-state index in [9.17, 15) is 22.7 Å². The molecule has 2 atom stereocenters. The number of halogens is 4. The molecule has 1 heterocycles. The molecular weight excluding hydrogens is 310 g/mol. The summed E-state index contributed by atoms with van der Waals surface area (Å²) in [4.78, 5) is 4.15. The number of fused-ring (bicyclic) bond motifs is 1. The Labute approximate surface area is 130 Å². The summed E-state index contributed by atoms with van der Waals surface area (Å²) in [5.41, 5.74) is 0.423. The van der Waals surface area contributed by atoms with Gasteiger partial charge in [0, 0.05) is 6.20 Å². The summed E-state index contributed by atoms with van der Waals surface area (Å²) in [5, 5.41) is 9.97. The third-order valence-electron chi connectivity index (χ3n) is 4.26. The van der Waals surface area contributed by atoms with E-state index < -0.39 is 23.7 Å². The Kier molecular flexibility index (Phi) is 4.10. The Morgan fingerprint density at radius 2 is 1.96 bits per heavy atom. The van der Waals surface area contributed by atoms with Gasteiger partial charge in [-0.1, -0.05) is 12.1 Å². The summed E-state index contributed by atoms with van der Waals surface area (Å²) in [6, 6.07) is 6.27. The highest BCUT2D eigenvalue weighted by Crippen LogP contribution is 2.40. The fourth-order valence-electron chi connectivity index (χ4n) is 3.17. The maximum absolute atomic E-state index is 13.2. The molecule has 1 aliphatic rings. The first-order valence-electron chi connectivity index (χ1n) is 7.34. The number of benzene rings is 1. The molecule has 6 heteroatoms. The van der Waals surface area contributed by atoms with Gasteiger partial charge in [-0.25, -0.2) is 4.39 Å². The van der Waals surface area contributed by atoms with Crippen LogP contribution in [0.1, 0.15) is 47.2 Å². The molecule has 2 nitrogen and oxygen atoms in total. The van der Waals surface area contributed by atoms with Gasteiger partial charge in [0.1, 0.15) is 5.82 Å². The molecule has 23 heavy (non-hydrogen) atoms. The van der Waals surface area contributed by atoms with Crippen LogP contribution in [0.5, 0.6) is 0 Å². The second-order valence-electron chi connectivity index (χ2n) is 5.77. The van der Waals surface area contributed by atoms with Gasteiger partial charge >= 0.3 is 6.18 Å². The Morgan fingerprint density at radius 3 is 2.70 bits per heavy atom. The molecule has 122 valence electrons. The largest absolute Gasteiger partial charge is 0.416 e. The lowest BCUT2D eigenvalue weighted by molar-refractivity contribution is -0.138. The molecule has 3 rings (SSSR count). The fraction of sp³-hybridized carbons (Fsp3) is 0.353. The summed E-state index contributed by atoms with van der Waals surface area (Å²) in [6.07, 6.45) is -2.56. The zero-order valence-electron chi connectivity index (χ0n) is 12.1. The van der Waals surface area contributed by atoms with Crippen LogP contribution in [0.25, 0.3) is 0 Å². The highest BCUT2D eigenvalue weighted by atomic mass is 19.4. The second-order valence-corrected chi connectivity index (χ2v) is 5.77. The number of alkyl halides is 3. The number of hydrogen-bond acceptors (Lipinski definition) is 2. The molecular formula is C17H15F4NO. The van der Waals surface area contributed by atoms with Crippen LogP contribution in [-0.4, -0.2) is 10.1 Å². The SMILES string of the molecule is O[C@@H]1CC[C@H](Cc2ccc(F)cc2C(F)(F)F)c2cccnc21. The summed E-state index contributed by atoms with van der Waals surface area (Å²) < 4.78 is 52.6. The van der Waals surface area contributed by atoms with Crippen LogP contribution in [0.4, 0.5) is 17.6 Å². The van der Waals surface area contributed by atoms with Gasteiger partial charge in [-0.2, -0.15) is 13.2 Å². The second kappa shape index (κ2) is 5.92. The van der Waals surface area contributed by atoms with Gasteiger partial charge in [0.05, 0.1) is 17.4 Å². The van der Waals surface area contributed by atoms with Gasteiger partial charge < -0.3 is 5.11 Å². The lowest BCUT2D eigenvalue weighted by Crippen LogP contribution is -2.19. The van der Waals surface area contributed by atoms with Crippen molar-refractivity contribution in [1.82, 2.24) is 4.98 Å². The van der Waals surface area contributed by atoms with Gasteiger partial charge in [0.2, 0.25) is 0 Å². The fourth-order valence-corrected chi connectivity index (χ4v) is 3.17. The molecule has 0 saturated heterocycles. The van der Waals surface area contributed by atoms with E-state index in [0.29, 0.717) is 24.6 Å². The van der Waals surface area contributed by atoms with Gasteiger partial charge in [0.25, 0.3) is 0 Å². The van der Waals surface area contributed by atoms with Crippen molar-refractivity contribution in [1.29, 1.82) is 0 Å². The van der Waals surface area contributed by atoms with Crippen molar-refractivity contribution in [2.75, 3.05) is 0 Å². The lowest BCUT2D eigenvalue weighted by atomic mass is 9.80. The van der Waals surface area contributed by atoms with Gasteiger partial charge in [-0.15, -0.1) is 0 Å². The number of aliphatic hydroxyl groups excluding tert-OH is 1. The van der Waals surface area contributed by atoms with Gasteiger partial charge in [-0.3, -0.25) is 4.98 Å². The first kappa shape index (κ1) is 15.9. The maximum atomic E-state index is 13.2. The summed E-state index contributed by atoms with van der Waals surface area (Å²) in [5.74, 6) is -1.07. The number of aliphatic hydroxyl groups is 1. The van der Waals surface area contributed by atoms with E-state index in [1.54, 1.807) is 18.3 Å². The van der Waals surface area contributed by atoms with Crippen molar-refractivity contribution in [3.05, 3.63) is 64.7 Å². The van der Waals surface area contributed by atoms with E-state index in [4.69, 9.17) is 0 Å². The third-order valence-corrected chi connectivity index (χ3v) is 4.26. The van der Waals surface area contributed by atoms with E-state index in [0.717, 1.165) is 11.6 Å². The maximum Gasteiger partial charge on any atom is 0.416 e. The van der Waals surface area contributed by atoms with Crippen molar-refractivity contribution in [2.45, 2.75) is 37.5 Å². The van der Waals surface area contributed by atoms with Crippen LogP contribution < -0.4 is 0 Å². The molecule has 1 aliphatic carbocycles. The van der Waals surface area contributed by atoms with Crippen LogP contribution in [0.15, 0.2) is 36.5 Å². The molecule has 1 N–H and O–H groups in total. The molecule has 0 spiro atoms. The minimum Gasteiger partial charge on any atom is -0.387 e. The van der Waals surface area contributed by atoms with Gasteiger partial charge in [-0.05, 0) is 54.5 Å². The number of rotatable bonds is 2. The first-order valence-corrected chi connectivity index (χ1v) is 7.34. The molecule has 2 aromatic rings. The van der Waals surface area contributed by atoms with E-state index in [-0.39, 0.29) is 17.9 Å². The summed E-state index contributed by atoms with van der Waals surface area (Å²) in [6.45, 7) is 0. The monoisotopic (exact) mass is 325 g/mol. The van der Waals surface area contributed by atoms with Crippen LogP contribution in [-0.2, 0) is 12.6 Å². The minimum atomic E-state index is -4.59. The molecule has 1 aromatic carbocycles. The van der Waals surface area contributed by atoms with Crippen molar-refractivity contribution >= 4 is 0 Å². The topological polar surface area (TPSA) is 33.1 Å². The van der Waals surface area contributed by atoms with Crippen molar-refractivity contribution in [2.24, 2.45) is 0 Å². The predicted molar refractivity (Wildman–Crippen MR) is 76.3 cm³/mol. The third kappa shape index (κ3) is 3.22. The molecule has 0 amide bonds. The zero-order valence-corrected chi connectivity index (χ0v) is 12.1. The first-order chi connectivity index (χ1) is 10.9. The number of aromatic nitrogens is 1. The van der Waals surface area contributed by atoms with Crippen LogP contribution in [0.3, 0.4) is 0 Å². The van der Waals surface area contributed by atoms with E-state index >= 15 is 0 Å². The van der Waals surface area contributed by atoms with Crippen molar-refractivity contribution < 1.29 is 22.7 Å². The van der Waals surface area contributed by atoms with E-state index in [1.165, 1.54) is 6.07 Å². The Morgan fingerprint density at radius 1 is 1.17 bits per heavy atom. The minimum absolute atomic E-state index is 0.0649. The predicted octanol–water partition coefficient (Wildman–Crippen LogP) is 4.39. The summed E-state index contributed by atoms with van der Waals surface area (Å²) >= 11 is 0. The Hall–Kier alpha value is -1.95. The van der Waals surface area contributed by atoms with Crippen LogP contribution >= 0.6 is 0 Å². The highest BCUT2D eigenvalue weighted by molar-refractivity contribution is 5.35. The molecule has 0 unspecified atom stereocenters. The van der Waals surface area contributed by atoms with Crippen molar-refractivity contribution in [3.8, 4) is 0 Å². The van der Waals surface area contributed by atoms with E-state index in [2.05, 4.69) is 4.98 Å². The quantitative estimate of drug-likeness (QED) is 0.831. The van der Waals surface area contributed by atoms with Crippen molar-refractivity contribution in [3.63, 3.8) is 0 Å². The molecule has 0 aliphatic heterocycles. The average molecular weight is 325 g/mol. The van der Waals surface area contributed by atoms with E-state index in [1.807, 2.05) is 0 Å². The number of hydrogen-bond donors (Lipinski definition) is 1. The smallest absolute Gasteiger partial charge is 0.387 e. The Bertz CT molecular complexity index is 714. The Balaban J connectivity index is 1.96. The average Bonchev–Trinajstić information content (AvgIpc) is 2.51. The van der Waals surface area contributed by atoms with Gasteiger partial charge in [0.15, 0.2) is 0 Å². The molecule has 0 bridgehead atoms. The number of pyridine rings is 1. The summed E-state index contributed by atoms with van der Waals surface area (Å²) in [7, 11) is 0.